The van der Waals surface area contributed by atoms with Gasteiger partial charge in [-0.1, -0.05) is 176 Å². The lowest BCUT2D eigenvalue weighted by molar-refractivity contribution is 0.671. The highest BCUT2D eigenvalue weighted by Crippen LogP contribution is 2.44. The number of nitrogens with zero attached hydrogens (tertiary/aromatic N) is 2. The van der Waals surface area contributed by atoms with Gasteiger partial charge in [-0.3, -0.25) is 0 Å². The van der Waals surface area contributed by atoms with Crippen LogP contribution in [0, 0.1) is 0 Å². The van der Waals surface area contributed by atoms with E-state index in [1.54, 1.807) is 0 Å². The van der Waals surface area contributed by atoms with Gasteiger partial charge in [-0.25, -0.2) is 0 Å². The molecule has 0 fully saturated rings. The largest absolute Gasteiger partial charge is 0.456 e. The number of thiophene rings is 1. The number of rotatable bonds is 7. The van der Waals surface area contributed by atoms with Crippen molar-refractivity contribution < 1.29 is 4.42 Å². The minimum Gasteiger partial charge on any atom is -0.456 e. The molecule has 0 N–H and O–H groups in total. The molecule has 5 heteroatoms. The van der Waals surface area contributed by atoms with Crippen molar-refractivity contribution in [1.82, 2.24) is 9.13 Å². The van der Waals surface area contributed by atoms with Crippen molar-refractivity contribution in [2.75, 3.05) is 0 Å². The fourth-order valence-corrected chi connectivity index (χ4v) is 17.5. The molecule has 3 nitrogen and oxygen atoms in total. The van der Waals surface area contributed by atoms with Crippen LogP contribution in [0.2, 0.25) is 0 Å². The summed E-state index contributed by atoms with van der Waals surface area (Å²) in [6.45, 7) is 0. The molecule has 0 spiro atoms. The summed E-state index contributed by atoms with van der Waals surface area (Å²) in [4.78, 5) is 0. The first-order valence-corrected chi connectivity index (χ1v) is 25.7. The Hall–Kier alpha value is -7.96. The van der Waals surface area contributed by atoms with Crippen LogP contribution in [-0.4, -0.2) is 17.2 Å². The molecule has 4 aromatic heterocycles. The van der Waals surface area contributed by atoms with Gasteiger partial charge >= 0.3 is 0 Å². The molecular weight excluding hydrogens is 837 g/mol. The Kier molecular flexibility index (Phi) is 8.24. The zero-order valence-corrected chi connectivity index (χ0v) is 37.7. The normalized spacial score (nSPS) is 12.3. The minimum absolute atomic E-state index is 0.838. The molecule has 0 bridgehead atoms. The van der Waals surface area contributed by atoms with E-state index in [1.807, 2.05) is 11.3 Å². The van der Waals surface area contributed by atoms with Gasteiger partial charge in [0.1, 0.15) is 11.2 Å². The Bertz CT molecular complexity index is 4170. The molecule has 0 aliphatic rings. The number of hydrogen-bond acceptors (Lipinski definition) is 2. The summed E-state index contributed by atoms with van der Waals surface area (Å²) < 4.78 is 14.6. The monoisotopic (exact) mass is 876 g/mol. The van der Waals surface area contributed by atoms with Crippen LogP contribution in [0.15, 0.2) is 235 Å². The van der Waals surface area contributed by atoms with Gasteiger partial charge in [-0.05, 0) is 81.8 Å². The molecule has 0 saturated heterocycles. The summed E-state index contributed by atoms with van der Waals surface area (Å²) in [5, 5.41) is 14.0. The fraction of sp³-hybridized carbons (Fsp3) is 0.0164. The van der Waals surface area contributed by atoms with E-state index in [4.69, 9.17) is 4.42 Å². The van der Waals surface area contributed by atoms with E-state index in [1.165, 1.54) is 96.3 Å². The second kappa shape index (κ2) is 14.5. The van der Waals surface area contributed by atoms with Crippen LogP contribution in [0.1, 0.15) is 5.56 Å². The van der Waals surface area contributed by atoms with Crippen LogP contribution in [-0.2, 0) is 6.04 Å². The maximum Gasteiger partial charge on any atom is 0.157 e. The van der Waals surface area contributed by atoms with Crippen molar-refractivity contribution in [1.29, 1.82) is 0 Å². The highest BCUT2D eigenvalue weighted by Gasteiger charge is 2.42. The van der Waals surface area contributed by atoms with Crippen molar-refractivity contribution in [2.24, 2.45) is 0 Å². The number of furan rings is 1. The van der Waals surface area contributed by atoms with Crippen LogP contribution < -0.4 is 15.6 Å². The molecule has 10 aromatic carbocycles. The summed E-state index contributed by atoms with van der Waals surface area (Å²) in [5.41, 5.74) is 10.4. The van der Waals surface area contributed by atoms with E-state index in [2.05, 4.69) is 240 Å². The van der Waals surface area contributed by atoms with E-state index in [0.29, 0.717) is 0 Å². The third-order valence-electron chi connectivity index (χ3n) is 14.2. The molecule has 66 heavy (non-hydrogen) atoms. The van der Waals surface area contributed by atoms with Gasteiger partial charge in [0.2, 0.25) is 0 Å². The van der Waals surface area contributed by atoms with Crippen LogP contribution in [0.3, 0.4) is 0 Å². The molecule has 14 aromatic rings. The molecule has 0 amide bonds. The molecule has 14 rings (SSSR count). The van der Waals surface area contributed by atoms with Gasteiger partial charge in [-0.2, -0.15) is 0 Å². The summed E-state index contributed by atoms with van der Waals surface area (Å²) in [5.74, 6) is 0. The SMILES string of the molecule is c1ccc([Si](Cc2cccc3c2c2ccccc2n3-c2cccc3c2c2ccccc2n3-c2cccc3sc4ccccc4c23)(c2ccccc2)c2cccc3c2oc2ccccc23)cc1. The van der Waals surface area contributed by atoms with Gasteiger partial charge in [0.15, 0.2) is 8.07 Å². The first-order valence-electron chi connectivity index (χ1n) is 22.7. The molecule has 4 heterocycles. The van der Waals surface area contributed by atoms with Crippen LogP contribution >= 0.6 is 11.3 Å². The van der Waals surface area contributed by atoms with Gasteiger partial charge in [0.25, 0.3) is 0 Å². The lowest BCUT2D eigenvalue weighted by Crippen LogP contribution is -2.69. The highest BCUT2D eigenvalue weighted by molar-refractivity contribution is 7.25. The standard InChI is InChI=1S/C61H40N2OSSi/c1-3-20-41(21-4-1)66(42-22-5-2-6-23-42,57-38-16-28-44-43-24-9-13-35-54(43)64-61(44)57)39-40-19-15-31-50-58(40)45-25-7-11-29-48(45)62(50)51-32-17-33-52-59(51)46-26-8-12-30-49(46)63(52)53-34-18-37-56-60(53)47-27-10-14-36-55(47)65-56/h1-38H,39H2. The molecule has 0 aliphatic carbocycles. The fourth-order valence-electron chi connectivity index (χ4n) is 11.5. The van der Waals surface area contributed by atoms with E-state index < -0.39 is 8.07 Å². The van der Waals surface area contributed by atoms with Crippen molar-refractivity contribution in [2.45, 2.75) is 6.04 Å². The van der Waals surface area contributed by atoms with Crippen molar-refractivity contribution >= 4 is 121 Å². The predicted octanol–water partition coefficient (Wildman–Crippen LogP) is 14.4. The van der Waals surface area contributed by atoms with E-state index in [9.17, 15) is 0 Å². The second-order valence-electron chi connectivity index (χ2n) is 17.5. The minimum atomic E-state index is -2.92. The summed E-state index contributed by atoms with van der Waals surface area (Å²) in [7, 11) is -2.92. The van der Waals surface area contributed by atoms with E-state index in [-0.39, 0.29) is 0 Å². The van der Waals surface area contributed by atoms with E-state index >= 15 is 0 Å². The summed E-state index contributed by atoms with van der Waals surface area (Å²) >= 11 is 1.87. The van der Waals surface area contributed by atoms with Gasteiger partial charge in [-0.15, -0.1) is 11.3 Å². The Balaban J connectivity index is 1.06. The quantitative estimate of drug-likeness (QED) is 0.116. The number of aromatic nitrogens is 2. The predicted molar refractivity (Wildman–Crippen MR) is 283 cm³/mol. The summed E-state index contributed by atoms with van der Waals surface area (Å²) in [6.07, 6.45) is 0. The molecular formula is C61H40N2OSSi. The molecule has 0 atom stereocenters. The number of hydrogen-bond donors (Lipinski definition) is 0. The molecule has 0 saturated carbocycles. The third-order valence-corrected chi connectivity index (χ3v) is 20.2. The zero-order chi connectivity index (χ0) is 43.3. The van der Waals surface area contributed by atoms with Crippen molar-refractivity contribution in [3.05, 3.63) is 236 Å². The Morgan fingerprint density at radius 3 is 1.59 bits per heavy atom. The number of para-hydroxylation sites is 4. The first-order chi connectivity index (χ1) is 32.8. The van der Waals surface area contributed by atoms with Crippen LogP contribution in [0.4, 0.5) is 0 Å². The van der Waals surface area contributed by atoms with Crippen molar-refractivity contribution in [3.8, 4) is 11.4 Å². The topological polar surface area (TPSA) is 23.0 Å². The van der Waals surface area contributed by atoms with Crippen LogP contribution in [0.5, 0.6) is 0 Å². The second-order valence-corrected chi connectivity index (χ2v) is 22.5. The Labute approximate surface area is 385 Å². The molecule has 0 radical (unpaired) electrons. The lowest BCUT2D eigenvalue weighted by atomic mass is 10.1. The Morgan fingerprint density at radius 1 is 0.364 bits per heavy atom. The molecule has 310 valence electrons. The average molecular weight is 877 g/mol. The summed E-state index contributed by atoms with van der Waals surface area (Å²) in [6, 6.07) is 86.3. The van der Waals surface area contributed by atoms with Gasteiger partial charge < -0.3 is 13.6 Å². The molecule has 0 unspecified atom stereocenters. The number of fused-ring (bicyclic) bond motifs is 12. The lowest BCUT2D eigenvalue weighted by Gasteiger charge is -2.34. The number of benzene rings is 10. The van der Waals surface area contributed by atoms with Crippen LogP contribution in [0.25, 0.3) is 97.1 Å². The van der Waals surface area contributed by atoms with Gasteiger partial charge in [0, 0.05) is 52.5 Å². The van der Waals surface area contributed by atoms with Crippen molar-refractivity contribution in [3.63, 3.8) is 0 Å². The zero-order valence-electron chi connectivity index (χ0n) is 35.9. The third kappa shape index (κ3) is 5.30. The average Bonchev–Trinajstić information content (AvgIpc) is 4.14. The first kappa shape index (κ1) is 37.4. The molecule has 0 aliphatic heterocycles. The highest BCUT2D eigenvalue weighted by atomic mass is 32.1. The maximum absolute atomic E-state index is 6.97. The Morgan fingerprint density at radius 2 is 0.864 bits per heavy atom. The maximum atomic E-state index is 6.97. The van der Waals surface area contributed by atoms with E-state index in [0.717, 1.165) is 28.0 Å². The van der Waals surface area contributed by atoms with Gasteiger partial charge in [0.05, 0.1) is 33.4 Å². The smallest absolute Gasteiger partial charge is 0.157 e.